The van der Waals surface area contributed by atoms with Crippen molar-refractivity contribution in [2.45, 2.75) is 46.1 Å². The lowest BCUT2D eigenvalue weighted by Crippen LogP contribution is -1.96. The normalized spacial score (nSPS) is 14.2. The SMILES string of the molecule is CC(=O)c1sc(COc2cc(C)cc(C)c2)nc1C1CC1. The summed E-state index contributed by atoms with van der Waals surface area (Å²) in [4.78, 5) is 17.1. The fourth-order valence-corrected chi connectivity index (χ4v) is 3.44. The van der Waals surface area contributed by atoms with Crippen LogP contribution in [0.1, 0.15) is 57.2 Å². The molecule has 3 rings (SSSR count). The Labute approximate surface area is 129 Å². The number of ketones is 1. The van der Waals surface area contributed by atoms with Gasteiger partial charge < -0.3 is 4.74 Å². The predicted octanol–water partition coefficient (Wildman–Crippen LogP) is 4.42. The van der Waals surface area contributed by atoms with Gasteiger partial charge in [-0.15, -0.1) is 11.3 Å². The first-order chi connectivity index (χ1) is 10.0. The van der Waals surface area contributed by atoms with Gasteiger partial charge in [-0.05, 0) is 49.9 Å². The second-order valence-electron chi connectivity index (χ2n) is 5.76. The van der Waals surface area contributed by atoms with Gasteiger partial charge in [0.05, 0.1) is 10.6 Å². The van der Waals surface area contributed by atoms with Crippen LogP contribution < -0.4 is 4.74 Å². The van der Waals surface area contributed by atoms with Crippen LogP contribution in [0, 0.1) is 13.8 Å². The Morgan fingerprint density at radius 2 is 1.95 bits per heavy atom. The molecule has 0 atom stereocenters. The standard InChI is InChI=1S/C17H19NO2S/c1-10-6-11(2)8-14(7-10)20-9-15-18-16(13-4-5-13)17(21-15)12(3)19/h6-8,13H,4-5,9H2,1-3H3. The quantitative estimate of drug-likeness (QED) is 0.767. The first kappa shape index (κ1) is 14.3. The molecule has 0 saturated heterocycles. The third kappa shape index (κ3) is 3.32. The minimum Gasteiger partial charge on any atom is -0.486 e. The molecule has 1 aromatic heterocycles. The summed E-state index contributed by atoms with van der Waals surface area (Å²) in [6.07, 6.45) is 2.31. The average Bonchev–Trinajstić information content (AvgIpc) is 3.15. The maximum atomic E-state index is 11.7. The van der Waals surface area contributed by atoms with E-state index in [4.69, 9.17) is 4.74 Å². The van der Waals surface area contributed by atoms with E-state index in [1.807, 2.05) is 12.1 Å². The minimum absolute atomic E-state index is 0.118. The molecular weight excluding hydrogens is 282 g/mol. The highest BCUT2D eigenvalue weighted by atomic mass is 32.1. The summed E-state index contributed by atoms with van der Waals surface area (Å²) >= 11 is 1.48. The second kappa shape index (κ2) is 5.60. The third-order valence-corrected chi connectivity index (χ3v) is 4.68. The number of hydrogen-bond acceptors (Lipinski definition) is 4. The van der Waals surface area contributed by atoms with Crippen LogP contribution >= 0.6 is 11.3 Å². The fraction of sp³-hybridized carbons (Fsp3) is 0.412. The molecule has 0 amide bonds. The molecule has 1 heterocycles. The topological polar surface area (TPSA) is 39.2 Å². The van der Waals surface area contributed by atoms with E-state index in [1.54, 1.807) is 6.92 Å². The number of thiazole rings is 1. The monoisotopic (exact) mass is 301 g/mol. The molecule has 0 aliphatic heterocycles. The highest BCUT2D eigenvalue weighted by Gasteiger charge is 2.31. The number of aromatic nitrogens is 1. The molecule has 110 valence electrons. The van der Waals surface area contributed by atoms with E-state index in [1.165, 1.54) is 22.5 Å². The van der Waals surface area contributed by atoms with Crippen molar-refractivity contribution < 1.29 is 9.53 Å². The molecule has 2 aromatic rings. The van der Waals surface area contributed by atoms with Crippen LogP contribution in [0.25, 0.3) is 0 Å². The summed E-state index contributed by atoms with van der Waals surface area (Å²) in [6, 6.07) is 6.16. The zero-order valence-corrected chi connectivity index (χ0v) is 13.4. The molecule has 4 heteroatoms. The van der Waals surface area contributed by atoms with Crippen molar-refractivity contribution in [1.29, 1.82) is 0 Å². The van der Waals surface area contributed by atoms with Gasteiger partial charge in [-0.2, -0.15) is 0 Å². The lowest BCUT2D eigenvalue weighted by Gasteiger charge is -2.06. The van der Waals surface area contributed by atoms with Crippen molar-refractivity contribution in [3.63, 3.8) is 0 Å². The van der Waals surface area contributed by atoms with Crippen LogP contribution in [0.5, 0.6) is 5.75 Å². The number of carbonyl (C=O) groups excluding carboxylic acids is 1. The Kier molecular flexibility index (Phi) is 3.81. The van der Waals surface area contributed by atoms with Gasteiger partial charge in [-0.1, -0.05) is 6.07 Å². The number of rotatable bonds is 5. The van der Waals surface area contributed by atoms with E-state index >= 15 is 0 Å². The van der Waals surface area contributed by atoms with Crippen LogP contribution in [0.15, 0.2) is 18.2 Å². The van der Waals surface area contributed by atoms with Gasteiger partial charge in [0.25, 0.3) is 0 Å². The molecule has 1 fully saturated rings. The van der Waals surface area contributed by atoms with Gasteiger partial charge in [-0.25, -0.2) is 4.98 Å². The molecule has 1 saturated carbocycles. The number of benzene rings is 1. The Hall–Kier alpha value is -1.68. The van der Waals surface area contributed by atoms with Crippen molar-refractivity contribution in [3.05, 3.63) is 44.9 Å². The van der Waals surface area contributed by atoms with Gasteiger partial charge in [0.2, 0.25) is 0 Å². The molecule has 3 nitrogen and oxygen atoms in total. The molecule has 21 heavy (non-hydrogen) atoms. The molecule has 1 aliphatic rings. The van der Waals surface area contributed by atoms with E-state index in [0.29, 0.717) is 12.5 Å². The Bertz CT molecular complexity index is 666. The average molecular weight is 301 g/mol. The van der Waals surface area contributed by atoms with E-state index in [2.05, 4.69) is 24.9 Å². The molecular formula is C17H19NO2S. The summed E-state index contributed by atoms with van der Waals surface area (Å²) in [5.41, 5.74) is 3.37. The van der Waals surface area contributed by atoms with Crippen LogP contribution in [-0.2, 0) is 6.61 Å². The molecule has 1 aromatic carbocycles. The van der Waals surface area contributed by atoms with Crippen LogP contribution in [-0.4, -0.2) is 10.8 Å². The molecule has 0 radical (unpaired) electrons. The Morgan fingerprint density at radius 3 is 2.52 bits per heavy atom. The van der Waals surface area contributed by atoms with E-state index in [-0.39, 0.29) is 5.78 Å². The number of nitrogens with zero attached hydrogens (tertiary/aromatic N) is 1. The summed E-state index contributed by atoms with van der Waals surface area (Å²) in [7, 11) is 0. The lowest BCUT2D eigenvalue weighted by molar-refractivity contribution is 0.102. The van der Waals surface area contributed by atoms with Crippen LogP contribution in [0.2, 0.25) is 0 Å². The lowest BCUT2D eigenvalue weighted by atomic mass is 10.1. The van der Waals surface area contributed by atoms with Crippen molar-refractivity contribution in [3.8, 4) is 5.75 Å². The first-order valence-corrected chi connectivity index (χ1v) is 8.06. The summed E-state index contributed by atoms with van der Waals surface area (Å²) in [5.74, 6) is 1.47. The van der Waals surface area contributed by atoms with Gasteiger partial charge >= 0.3 is 0 Å². The first-order valence-electron chi connectivity index (χ1n) is 7.24. The van der Waals surface area contributed by atoms with Gasteiger partial charge in [0, 0.05) is 12.8 Å². The van der Waals surface area contributed by atoms with E-state index in [0.717, 1.165) is 34.2 Å². The fourth-order valence-electron chi connectivity index (χ4n) is 2.49. The maximum absolute atomic E-state index is 11.7. The van der Waals surface area contributed by atoms with Gasteiger partial charge in [0.15, 0.2) is 5.78 Å². The smallest absolute Gasteiger partial charge is 0.171 e. The van der Waals surface area contributed by atoms with E-state index in [9.17, 15) is 4.79 Å². The Morgan fingerprint density at radius 1 is 1.29 bits per heavy atom. The molecule has 0 bridgehead atoms. The van der Waals surface area contributed by atoms with Crippen LogP contribution in [0.3, 0.4) is 0 Å². The summed E-state index contributed by atoms with van der Waals surface area (Å²) in [6.45, 7) is 6.17. The molecule has 0 N–H and O–H groups in total. The zero-order chi connectivity index (χ0) is 15.0. The highest BCUT2D eigenvalue weighted by molar-refractivity contribution is 7.13. The van der Waals surface area contributed by atoms with Gasteiger partial charge in [-0.3, -0.25) is 4.79 Å². The number of hydrogen-bond donors (Lipinski definition) is 0. The van der Waals surface area contributed by atoms with E-state index < -0.39 is 0 Å². The minimum atomic E-state index is 0.118. The van der Waals surface area contributed by atoms with Crippen LogP contribution in [0.4, 0.5) is 0 Å². The van der Waals surface area contributed by atoms with Crippen molar-refractivity contribution in [1.82, 2.24) is 4.98 Å². The number of ether oxygens (including phenoxy) is 1. The highest BCUT2D eigenvalue weighted by Crippen LogP contribution is 2.42. The number of Topliss-reactive ketones (excluding diaryl/α,β-unsaturated/α-hetero) is 1. The summed E-state index contributed by atoms with van der Waals surface area (Å²) in [5, 5.41) is 0.890. The number of carbonyl (C=O) groups is 1. The number of aryl methyl sites for hydroxylation is 2. The largest absolute Gasteiger partial charge is 0.486 e. The molecule has 0 unspecified atom stereocenters. The Balaban J connectivity index is 1.75. The molecule has 1 aliphatic carbocycles. The zero-order valence-electron chi connectivity index (χ0n) is 12.6. The van der Waals surface area contributed by atoms with Crippen molar-refractivity contribution >= 4 is 17.1 Å². The molecule has 0 spiro atoms. The van der Waals surface area contributed by atoms with Gasteiger partial charge in [0.1, 0.15) is 17.4 Å². The van der Waals surface area contributed by atoms with Crippen molar-refractivity contribution in [2.75, 3.05) is 0 Å². The maximum Gasteiger partial charge on any atom is 0.171 e. The summed E-state index contributed by atoms with van der Waals surface area (Å²) < 4.78 is 5.84. The predicted molar refractivity (Wildman–Crippen MR) is 84.3 cm³/mol. The third-order valence-electron chi connectivity index (χ3n) is 3.54. The second-order valence-corrected chi connectivity index (χ2v) is 6.85. The van der Waals surface area contributed by atoms with Crippen molar-refractivity contribution in [2.24, 2.45) is 0 Å².